The molecule has 2 atom stereocenters. The Kier molecular flexibility index (Phi) is 7.31. The predicted molar refractivity (Wildman–Crippen MR) is 154 cm³/mol. The van der Waals surface area contributed by atoms with E-state index in [0.717, 1.165) is 22.4 Å². The Morgan fingerprint density at radius 3 is 1.97 bits per heavy atom. The van der Waals surface area contributed by atoms with E-state index in [1.807, 2.05) is 111 Å². The lowest BCUT2D eigenvalue weighted by molar-refractivity contribution is 0.400. The molecule has 1 aliphatic heterocycles. The maximum atomic E-state index is 14.3. The van der Waals surface area contributed by atoms with E-state index < -0.39 is 10.0 Å². The van der Waals surface area contributed by atoms with Gasteiger partial charge in [-0.25, -0.2) is 13.4 Å². The number of aliphatic imine (C=N–C) groups is 1. The monoisotopic (exact) mass is 524 g/mol. The molecule has 0 bridgehead atoms. The number of sulfonamides is 1. The third-order valence-electron chi connectivity index (χ3n) is 6.30. The summed E-state index contributed by atoms with van der Waals surface area (Å²) < 4.78 is 30.2. The normalized spacial score (nSPS) is 20.3. The van der Waals surface area contributed by atoms with Crippen molar-refractivity contribution in [3.05, 3.63) is 138 Å². The van der Waals surface area contributed by atoms with E-state index in [1.54, 1.807) is 28.2 Å². The van der Waals surface area contributed by atoms with Gasteiger partial charge in [0.15, 0.2) is 0 Å². The van der Waals surface area contributed by atoms with Crippen LogP contribution in [0.25, 0.3) is 6.08 Å². The molecule has 0 radical (unpaired) electrons. The minimum absolute atomic E-state index is 0.142. The van der Waals surface area contributed by atoms with Crippen LogP contribution < -0.4 is 0 Å². The molecule has 1 heterocycles. The van der Waals surface area contributed by atoms with Crippen molar-refractivity contribution >= 4 is 38.6 Å². The maximum absolute atomic E-state index is 14.3. The number of thioether (sulfide) groups is 1. The van der Waals surface area contributed by atoms with E-state index in [4.69, 9.17) is 4.99 Å². The number of benzene rings is 4. The first kappa shape index (κ1) is 25.1. The van der Waals surface area contributed by atoms with Gasteiger partial charge < -0.3 is 0 Å². The number of para-hydroxylation sites is 1. The van der Waals surface area contributed by atoms with Crippen molar-refractivity contribution in [3.63, 3.8) is 0 Å². The fraction of sp³-hybridized carbons (Fsp3) is 0.129. The van der Waals surface area contributed by atoms with Crippen molar-refractivity contribution in [2.45, 2.75) is 30.0 Å². The van der Waals surface area contributed by atoms with Crippen LogP contribution in [0.1, 0.15) is 28.9 Å². The van der Waals surface area contributed by atoms with Crippen molar-refractivity contribution in [3.8, 4) is 0 Å². The summed E-state index contributed by atoms with van der Waals surface area (Å²) >= 11 is 1.61. The highest BCUT2D eigenvalue weighted by Crippen LogP contribution is 2.46. The molecule has 4 aromatic rings. The quantitative estimate of drug-likeness (QED) is 0.270. The largest absolute Gasteiger partial charge is 0.264 e. The van der Waals surface area contributed by atoms with Crippen molar-refractivity contribution < 1.29 is 8.42 Å². The Labute approximate surface area is 223 Å². The number of hydrogen-bond acceptors (Lipinski definition) is 4. The van der Waals surface area contributed by atoms with Gasteiger partial charge in [0.25, 0.3) is 10.0 Å². The van der Waals surface area contributed by atoms with Crippen LogP contribution in [0, 0.1) is 6.92 Å². The van der Waals surface area contributed by atoms with Gasteiger partial charge in [-0.15, -0.1) is 0 Å². The lowest BCUT2D eigenvalue weighted by Gasteiger charge is -2.41. The average molecular weight is 525 g/mol. The number of aryl methyl sites for hydroxylation is 1. The fourth-order valence-electron chi connectivity index (χ4n) is 4.41. The summed E-state index contributed by atoms with van der Waals surface area (Å²) in [4.78, 5) is 5.25. The van der Waals surface area contributed by atoms with Gasteiger partial charge >= 0.3 is 0 Å². The molecule has 0 spiro atoms. The van der Waals surface area contributed by atoms with E-state index in [1.165, 1.54) is 0 Å². The van der Waals surface area contributed by atoms with Gasteiger partial charge in [-0.05, 0) is 55.3 Å². The molecule has 2 unspecified atom stereocenters. The molecule has 0 N–H and O–H groups in total. The van der Waals surface area contributed by atoms with E-state index in [0.29, 0.717) is 10.7 Å². The van der Waals surface area contributed by atoms with Crippen LogP contribution >= 0.6 is 11.8 Å². The van der Waals surface area contributed by atoms with Crippen LogP contribution in [-0.2, 0) is 10.0 Å². The van der Waals surface area contributed by atoms with Crippen LogP contribution in [0.15, 0.2) is 131 Å². The first-order chi connectivity index (χ1) is 17.9. The Bertz CT molecular complexity index is 1520. The fourth-order valence-corrected chi connectivity index (χ4v) is 7.50. The van der Waals surface area contributed by atoms with E-state index in [-0.39, 0.29) is 16.2 Å². The molecule has 0 saturated carbocycles. The molecule has 4 aromatic carbocycles. The number of rotatable bonds is 5. The van der Waals surface area contributed by atoms with Gasteiger partial charge in [-0.2, -0.15) is 0 Å². The second kappa shape index (κ2) is 10.8. The molecular weight excluding hydrogens is 496 g/mol. The molecule has 4 nitrogen and oxygen atoms in total. The van der Waals surface area contributed by atoms with Crippen molar-refractivity contribution in [2.24, 2.45) is 4.99 Å². The van der Waals surface area contributed by atoms with Gasteiger partial charge in [-0.1, -0.05) is 108 Å². The summed E-state index contributed by atoms with van der Waals surface area (Å²) in [5.41, 5.74) is 4.32. The Morgan fingerprint density at radius 2 is 1.35 bits per heavy atom. The molecule has 0 aliphatic carbocycles. The highest BCUT2D eigenvalue weighted by atomic mass is 32.2. The maximum Gasteiger partial charge on any atom is 0.264 e. The lowest BCUT2D eigenvalue weighted by Crippen LogP contribution is -2.45. The van der Waals surface area contributed by atoms with Crippen LogP contribution in [0.5, 0.6) is 0 Å². The molecule has 0 aromatic heterocycles. The zero-order chi connectivity index (χ0) is 25.8. The smallest absolute Gasteiger partial charge is 0.259 e. The molecule has 37 heavy (non-hydrogen) atoms. The van der Waals surface area contributed by atoms with Gasteiger partial charge in [0.2, 0.25) is 0 Å². The molecule has 5 rings (SSSR count). The van der Waals surface area contributed by atoms with E-state index in [9.17, 15) is 8.42 Å². The SMILES string of the molecule is Cc1ccc(S(=O)(=O)N2/C(=C\c3ccccc3)C(=Nc3ccccc3)SC(c3ccccc3)C2C)cc1. The Balaban J connectivity index is 1.74. The summed E-state index contributed by atoms with van der Waals surface area (Å²) in [6.45, 7) is 3.93. The van der Waals surface area contributed by atoms with E-state index >= 15 is 0 Å². The summed E-state index contributed by atoms with van der Waals surface area (Å²) in [5.74, 6) is 0. The Morgan fingerprint density at radius 1 is 0.784 bits per heavy atom. The highest BCUT2D eigenvalue weighted by molar-refractivity contribution is 8.14. The third kappa shape index (κ3) is 5.41. The van der Waals surface area contributed by atoms with Crippen LogP contribution in [0.4, 0.5) is 5.69 Å². The van der Waals surface area contributed by atoms with Gasteiger partial charge in [-0.3, -0.25) is 4.31 Å². The number of nitrogens with zero attached hydrogens (tertiary/aromatic N) is 2. The van der Waals surface area contributed by atoms with E-state index in [2.05, 4.69) is 12.1 Å². The summed E-state index contributed by atoms with van der Waals surface area (Å²) in [5, 5.41) is 0.523. The lowest BCUT2D eigenvalue weighted by atomic mass is 10.1. The second-order valence-corrected chi connectivity index (χ2v) is 11.9. The summed E-state index contributed by atoms with van der Waals surface area (Å²) in [6.07, 6.45) is 1.93. The molecule has 186 valence electrons. The van der Waals surface area contributed by atoms with Crippen molar-refractivity contribution in [2.75, 3.05) is 0 Å². The molecular formula is C31H28N2O2S2. The van der Waals surface area contributed by atoms with Crippen LogP contribution in [-0.4, -0.2) is 23.8 Å². The highest BCUT2D eigenvalue weighted by Gasteiger charge is 2.43. The van der Waals surface area contributed by atoms with Gasteiger partial charge in [0.05, 0.1) is 27.6 Å². The van der Waals surface area contributed by atoms with Crippen LogP contribution in [0.3, 0.4) is 0 Å². The minimum Gasteiger partial charge on any atom is -0.259 e. The molecule has 6 heteroatoms. The van der Waals surface area contributed by atoms with Crippen LogP contribution in [0.2, 0.25) is 0 Å². The molecule has 1 fully saturated rings. The minimum atomic E-state index is -3.89. The predicted octanol–water partition coefficient (Wildman–Crippen LogP) is 7.63. The zero-order valence-electron chi connectivity index (χ0n) is 20.7. The van der Waals surface area contributed by atoms with Crippen molar-refractivity contribution in [1.29, 1.82) is 0 Å². The zero-order valence-corrected chi connectivity index (χ0v) is 22.4. The summed E-state index contributed by atoms with van der Waals surface area (Å²) in [7, 11) is -3.89. The summed E-state index contributed by atoms with van der Waals surface area (Å²) in [6, 6.07) is 36.2. The second-order valence-electron chi connectivity index (χ2n) is 9.00. The first-order valence-corrected chi connectivity index (χ1v) is 14.5. The number of hydrogen-bond donors (Lipinski definition) is 0. The van der Waals surface area contributed by atoms with Gasteiger partial charge in [0, 0.05) is 0 Å². The van der Waals surface area contributed by atoms with Gasteiger partial charge in [0.1, 0.15) is 5.04 Å². The standard InChI is InChI=1S/C31H28N2O2S2/c1-23-18-20-28(21-19-23)37(34,35)33-24(2)30(26-14-8-4-9-15-26)36-31(32-27-16-10-5-11-17-27)29(33)22-25-12-6-3-7-13-25/h3-22,24,30H,1-2H3/b29-22-,32-31?. The molecule has 1 saturated heterocycles. The average Bonchev–Trinajstić information content (AvgIpc) is 2.92. The first-order valence-electron chi connectivity index (χ1n) is 12.2. The van der Waals surface area contributed by atoms with Crippen molar-refractivity contribution in [1.82, 2.24) is 4.31 Å². The topological polar surface area (TPSA) is 49.7 Å². The molecule has 0 amide bonds. The third-order valence-corrected chi connectivity index (χ3v) is 9.66. The molecule has 1 aliphatic rings. The Hall–Kier alpha value is -3.61.